The van der Waals surface area contributed by atoms with Crippen LogP contribution in [0.2, 0.25) is 0 Å². The van der Waals surface area contributed by atoms with Gasteiger partial charge in [-0.3, -0.25) is 0 Å². The molecule has 86 valence electrons. The number of anilines is 2. The lowest BCUT2D eigenvalue weighted by Gasteiger charge is -2.28. The van der Waals surface area contributed by atoms with Gasteiger partial charge in [0.25, 0.3) is 0 Å². The van der Waals surface area contributed by atoms with Crippen LogP contribution in [0, 0.1) is 11.3 Å². The molecule has 1 unspecified atom stereocenters. The molecule has 0 aromatic heterocycles. The summed E-state index contributed by atoms with van der Waals surface area (Å²) < 4.78 is 0. The quantitative estimate of drug-likeness (QED) is 0.789. The Morgan fingerprint density at radius 2 is 2.19 bits per heavy atom. The molecule has 3 heteroatoms. The van der Waals surface area contributed by atoms with E-state index in [1.165, 1.54) is 0 Å². The molecule has 0 radical (unpaired) electrons. The number of nitriles is 1. The van der Waals surface area contributed by atoms with E-state index in [2.05, 4.69) is 24.8 Å². The molecule has 1 rings (SSSR count). The highest BCUT2D eigenvalue weighted by atomic mass is 15.1. The summed E-state index contributed by atoms with van der Waals surface area (Å²) >= 11 is 0. The van der Waals surface area contributed by atoms with E-state index in [4.69, 9.17) is 11.0 Å². The van der Waals surface area contributed by atoms with Crippen LogP contribution in [0.1, 0.15) is 32.3 Å². The van der Waals surface area contributed by atoms with Gasteiger partial charge in [-0.05, 0) is 31.5 Å². The number of nitrogens with zero attached hydrogens (tertiary/aromatic N) is 2. The third-order valence-corrected chi connectivity index (χ3v) is 2.91. The maximum Gasteiger partial charge on any atom is 0.0992 e. The summed E-state index contributed by atoms with van der Waals surface area (Å²) in [6.45, 7) is 4.33. The Morgan fingerprint density at radius 3 is 2.75 bits per heavy atom. The van der Waals surface area contributed by atoms with Crippen LogP contribution in [-0.2, 0) is 0 Å². The highest BCUT2D eigenvalue weighted by molar-refractivity contribution is 5.69. The summed E-state index contributed by atoms with van der Waals surface area (Å²) in [7, 11) is 2.02. The first-order valence-electron chi connectivity index (χ1n) is 5.62. The fraction of sp³-hybridized carbons (Fsp3) is 0.462. The number of nitrogens with two attached hydrogens (primary N) is 1. The highest BCUT2D eigenvalue weighted by Gasteiger charge is 2.12. The third kappa shape index (κ3) is 2.66. The van der Waals surface area contributed by atoms with Gasteiger partial charge in [0.1, 0.15) is 0 Å². The molecule has 0 bridgehead atoms. The van der Waals surface area contributed by atoms with Crippen molar-refractivity contribution in [2.45, 2.75) is 32.7 Å². The fourth-order valence-electron chi connectivity index (χ4n) is 1.77. The molecule has 0 amide bonds. The van der Waals surface area contributed by atoms with Crippen LogP contribution < -0.4 is 10.6 Å². The van der Waals surface area contributed by atoms with Crippen molar-refractivity contribution < 1.29 is 0 Å². The van der Waals surface area contributed by atoms with Gasteiger partial charge in [-0.1, -0.05) is 13.3 Å². The molecule has 1 aromatic rings. The minimum atomic E-state index is 0.432. The lowest BCUT2D eigenvalue weighted by molar-refractivity contribution is 0.616. The first kappa shape index (κ1) is 12.4. The molecule has 0 aliphatic carbocycles. The van der Waals surface area contributed by atoms with E-state index in [1.54, 1.807) is 12.1 Å². The average molecular weight is 217 g/mol. The zero-order valence-electron chi connectivity index (χ0n) is 10.2. The van der Waals surface area contributed by atoms with Crippen LogP contribution in [0.3, 0.4) is 0 Å². The van der Waals surface area contributed by atoms with Gasteiger partial charge in [-0.2, -0.15) is 5.26 Å². The Hall–Kier alpha value is -1.69. The van der Waals surface area contributed by atoms with Gasteiger partial charge < -0.3 is 10.6 Å². The predicted molar refractivity (Wildman–Crippen MR) is 68.3 cm³/mol. The summed E-state index contributed by atoms with van der Waals surface area (Å²) in [6.07, 6.45) is 2.26. The van der Waals surface area contributed by atoms with E-state index in [0.717, 1.165) is 24.2 Å². The monoisotopic (exact) mass is 217 g/mol. The lowest BCUT2D eigenvalue weighted by atomic mass is 10.1. The van der Waals surface area contributed by atoms with Gasteiger partial charge in [-0.15, -0.1) is 0 Å². The van der Waals surface area contributed by atoms with Crippen LogP contribution in [0.5, 0.6) is 0 Å². The van der Waals surface area contributed by atoms with E-state index >= 15 is 0 Å². The van der Waals surface area contributed by atoms with E-state index in [1.807, 2.05) is 13.1 Å². The zero-order valence-corrected chi connectivity index (χ0v) is 10.2. The topological polar surface area (TPSA) is 53.0 Å². The predicted octanol–water partition coefficient (Wildman–Crippen LogP) is 2.77. The number of hydrogen-bond donors (Lipinski definition) is 1. The van der Waals surface area contributed by atoms with Crippen molar-refractivity contribution in [3.8, 4) is 6.07 Å². The van der Waals surface area contributed by atoms with Gasteiger partial charge in [0, 0.05) is 13.1 Å². The maximum atomic E-state index is 8.87. The Morgan fingerprint density at radius 1 is 1.50 bits per heavy atom. The van der Waals surface area contributed by atoms with E-state index in [0.29, 0.717) is 11.6 Å². The molecule has 0 aliphatic rings. The molecule has 16 heavy (non-hydrogen) atoms. The van der Waals surface area contributed by atoms with E-state index in [9.17, 15) is 0 Å². The van der Waals surface area contributed by atoms with Crippen molar-refractivity contribution in [2.24, 2.45) is 0 Å². The molecule has 0 aliphatic heterocycles. The molecular formula is C13H19N3. The smallest absolute Gasteiger partial charge is 0.0992 e. The van der Waals surface area contributed by atoms with Crippen LogP contribution in [0.15, 0.2) is 18.2 Å². The fourth-order valence-corrected chi connectivity index (χ4v) is 1.77. The summed E-state index contributed by atoms with van der Waals surface area (Å²) in [5, 5.41) is 8.87. The van der Waals surface area contributed by atoms with Crippen molar-refractivity contribution in [1.29, 1.82) is 5.26 Å². The largest absolute Gasteiger partial charge is 0.397 e. The Bertz CT molecular complexity index is 393. The van der Waals surface area contributed by atoms with Gasteiger partial charge in [0.2, 0.25) is 0 Å². The van der Waals surface area contributed by atoms with Crippen LogP contribution in [0.4, 0.5) is 11.4 Å². The second-order valence-corrected chi connectivity index (χ2v) is 4.13. The Balaban J connectivity index is 2.98. The molecule has 2 N–H and O–H groups in total. The summed E-state index contributed by atoms with van der Waals surface area (Å²) in [5.41, 5.74) is 8.25. The Labute approximate surface area is 97.5 Å². The zero-order chi connectivity index (χ0) is 12.1. The van der Waals surface area contributed by atoms with Crippen LogP contribution in [0.25, 0.3) is 0 Å². The first-order valence-corrected chi connectivity index (χ1v) is 5.62. The Kier molecular flexibility index (Phi) is 4.19. The molecule has 1 atom stereocenters. The SMILES string of the molecule is CCCC(C)N(C)c1cc(C#N)ccc1N. The second kappa shape index (κ2) is 5.41. The molecule has 0 heterocycles. The van der Waals surface area contributed by atoms with Crippen molar-refractivity contribution in [1.82, 2.24) is 0 Å². The highest BCUT2D eigenvalue weighted by Crippen LogP contribution is 2.25. The molecule has 0 saturated heterocycles. The average Bonchev–Trinajstić information content (AvgIpc) is 2.29. The summed E-state index contributed by atoms with van der Waals surface area (Å²) in [5.74, 6) is 0. The third-order valence-electron chi connectivity index (χ3n) is 2.91. The molecule has 3 nitrogen and oxygen atoms in total. The number of nitrogen functional groups attached to an aromatic ring is 1. The lowest BCUT2D eigenvalue weighted by Crippen LogP contribution is -2.29. The molecular weight excluding hydrogens is 198 g/mol. The number of hydrogen-bond acceptors (Lipinski definition) is 3. The number of benzene rings is 1. The van der Waals surface area contributed by atoms with Gasteiger partial charge >= 0.3 is 0 Å². The summed E-state index contributed by atoms with van der Waals surface area (Å²) in [4.78, 5) is 2.14. The van der Waals surface area contributed by atoms with Crippen molar-refractivity contribution in [3.05, 3.63) is 23.8 Å². The maximum absolute atomic E-state index is 8.87. The van der Waals surface area contributed by atoms with Crippen LogP contribution in [-0.4, -0.2) is 13.1 Å². The minimum Gasteiger partial charge on any atom is -0.397 e. The van der Waals surface area contributed by atoms with E-state index < -0.39 is 0 Å². The normalized spacial score (nSPS) is 11.9. The number of rotatable bonds is 4. The molecule has 0 fully saturated rings. The van der Waals surface area contributed by atoms with Crippen molar-refractivity contribution in [2.75, 3.05) is 17.7 Å². The molecule has 0 spiro atoms. The minimum absolute atomic E-state index is 0.432. The van der Waals surface area contributed by atoms with Crippen molar-refractivity contribution in [3.63, 3.8) is 0 Å². The standard InChI is InChI=1S/C13H19N3/c1-4-5-10(2)16(3)13-8-11(9-14)6-7-12(13)15/h6-8,10H,4-5,15H2,1-3H3. The summed E-state index contributed by atoms with van der Waals surface area (Å²) in [6, 6.07) is 7.96. The molecule has 0 saturated carbocycles. The van der Waals surface area contributed by atoms with Crippen LogP contribution >= 0.6 is 0 Å². The van der Waals surface area contributed by atoms with Crippen molar-refractivity contribution >= 4 is 11.4 Å². The van der Waals surface area contributed by atoms with Gasteiger partial charge in [0.05, 0.1) is 23.0 Å². The molecule has 1 aromatic carbocycles. The first-order chi connectivity index (χ1) is 7.60. The van der Waals surface area contributed by atoms with Gasteiger partial charge in [-0.25, -0.2) is 0 Å². The van der Waals surface area contributed by atoms with Gasteiger partial charge in [0.15, 0.2) is 0 Å². The second-order valence-electron chi connectivity index (χ2n) is 4.13. The van der Waals surface area contributed by atoms with E-state index in [-0.39, 0.29) is 0 Å².